The highest BCUT2D eigenvalue weighted by atomic mass is 32.2. The minimum atomic E-state index is -1.01. The van der Waals surface area contributed by atoms with Crippen LogP contribution in [-0.4, -0.2) is 28.3 Å². The molecule has 1 heterocycles. The van der Waals surface area contributed by atoms with Gasteiger partial charge in [0.05, 0.1) is 12.9 Å². The van der Waals surface area contributed by atoms with Gasteiger partial charge in [0.25, 0.3) is 0 Å². The number of hydrogen-bond donors (Lipinski definition) is 1. The van der Waals surface area contributed by atoms with Gasteiger partial charge in [0, 0.05) is 29.8 Å². The third-order valence-electron chi connectivity index (χ3n) is 3.49. The molecule has 0 spiro atoms. The average Bonchev–Trinajstić information content (AvgIpc) is 3.12. The zero-order chi connectivity index (χ0) is 18.5. The van der Waals surface area contributed by atoms with Crippen LogP contribution in [0.4, 0.5) is 14.5 Å². The van der Waals surface area contributed by atoms with Crippen molar-refractivity contribution < 1.29 is 18.3 Å². The summed E-state index contributed by atoms with van der Waals surface area (Å²) in [6, 6.07) is 10.6. The van der Waals surface area contributed by atoms with Gasteiger partial charge in [-0.3, -0.25) is 9.36 Å². The molecule has 0 aliphatic heterocycles. The van der Waals surface area contributed by atoms with Crippen LogP contribution in [-0.2, 0) is 4.79 Å². The van der Waals surface area contributed by atoms with Gasteiger partial charge < -0.3 is 10.1 Å². The Kier molecular flexibility index (Phi) is 5.52. The Labute approximate surface area is 153 Å². The molecule has 0 saturated heterocycles. The fourth-order valence-corrected chi connectivity index (χ4v) is 3.01. The molecule has 26 heavy (non-hydrogen) atoms. The second-order valence-electron chi connectivity index (χ2n) is 5.24. The molecule has 0 bridgehead atoms. The molecule has 3 aromatic rings. The smallest absolute Gasteiger partial charge is 0.234 e. The third kappa shape index (κ3) is 4.20. The molecule has 0 aliphatic rings. The number of imidazole rings is 1. The molecule has 5 nitrogen and oxygen atoms in total. The summed E-state index contributed by atoms with van der Waals surface area (Å²) in [5, 5.41) is 3.16. The minimum Gasteiger partial charge on any atom is -0.497 e. The molecule has 0 aliphatic carbocycles. The Hall–Kier alpha value is -2.87. The first-order valence-corrected chi connectivity index (χ1v) is 8.61. The number of methoxy groups -OCH3 is 1. The number of rotatable bonds is 6. The van der Waals surface area contributed by atoms with Crippen LogP contribution in [0.1, 0.15) is 0 Å². The number of halogens is 2. The van der Waals surface area contributed by atoms with Crippen LogP contribution in [0.25, 0.3) is 5.69 Å². The highest BCUT2D eigenvalue weighted by molar-refractivity contribution is 7.99. The van der Waals surface area contributed by atoms with Gasteiger partial charge >= 0.3 is 0 Å². The molecule has 1 aromatic heterocycles. The molecule has 1 amide bonds. The standard InChI is InChI=1S/C18H15F2N3O2S/c1-25-14-5-3-13(4-6-14)23-9-8-21-18(23)26-11-17(24)22-12-2-7-15(19)16(20)10-12/h2-10H,11H2,1H3,(H,22,24). The van der Waals surface area contributed by atoms with Crippen molar-refractivity contribution in [3.8, 4) is 11.4 Å². The summed E-state index contributed by atoms with van der Waals surface area (Å²) >= 11 is 1.23. The second-order valence-corrected chi connectivity index (χ2v) is 6.19. The molecule has 2 aromatic carbocycles. The lowest BCUT2D eigenvalue weighted by Gasteiger charge is -2.09. The van der Waals surface area contributed by atoms with E-state index >= 15 is 0 Å². The van der Waals surface area contributed by atoms with E-state index in [0.717, 1.165) is 23.6 Å². The van der Waals surface area contributed by atoms with Crippen molar-refractivity contribution in [2.24, 2.45) is 0 Å². The van der Waals surface area contributed by atoms with Crippen LogP contribution in [0.2, 0.25) is 0 Å². The van der Waals surface area contributed by atoms with Crippen molar-refractivity contribution in [3.63, 3.8) is 0 Å². The lowest BCUT2D eigenvalue weighted by atomic mass is 10.3. The van der Waals surface area contributed by atoms with E-state index in [0.29, 0.717) is 5.16 Å². The molecule has 3 rings (SSSR count). The minimum absolute atomic E-state index is 0.0756. The van der Waals surface area contributed by atoms with E-state index in [4.69, 9.17) is 4.74 Å². The van der Waals surface area contributed by atoms with Gasteiger partial charge in [-0.2, -0.15) is 0 Å². The Balaban J connectivity index is 1.63. The maximum Gasteiger partial charge on any atom is 0.234 e. The summed E-state index contributed by atoms with van der Waals surface area (Å²) in [5.74, 6) is -1.49. The zero-order valence-corrected chi connectivity index (χ0v) is 14.6. The molecule has 0 saturated carbocycles. The fraction of sp³-hybridized carbons (Fsp3) is 0.111. The van der Waals surface area contributed by atoms with Crippen LogP contribution < -0.4 is 10.1 Å². The SMILES string of the molecule is COc1ccc(-n2ccnc2SCC(=O)Nc2ccc(F)c(F)c2)cc1. The van der Waals surface area contributed by atoms with Crippen LogP contribution in [0.3, 0.4) is 0 Å². The van der Waals surface area contributed by atoms with E-state index in [1.54, 1.807) is 19.5 Å². The maximum absolute atomic E-state index is 13.2. The fourth-order valence-electron chi connectivity index (χ4n) is 2.24. The summed E-state index contributed by atoms with van der Waals surface area (Å²) < 4.78 is 33.1. The highest BCUT2D eigenvalue weighted by Gasteiger charge is 2.11. The maximum atomic E-state index is 13.2. The number of ether oxygens (including phenoxy) is 1. The quantitative estimate of drug-likeness (QED) is 0.664. The van der Waals surface area contributed by atoms with Crippen molar-refractivity contribution in [2.75, 3.05) is 18.2 Å². The molecule has 0 atom stereocenters. The summed E-state index contributed by atoms with van der Waals surface area (Å²) in [6.45, 7) is 0. The van der Waals surface area contributed by atoms with Crippen LogP contribution in [0.15, 0.2) is 60.0 Å². The first kappa shape index (κ1) is 17.9. The normalized spacial score (nSPS) is 10.6. The molecule has 1 N–H and O–H groups in total. The predicted molar refractivity (Wildman–Crippen MR) is 95.8 cm³/mol. The predicted octanol–water partition coefficient (Wildman–Crippen LogP) is 3.89. The molecule has 134 valence electrons. The molecular weight excluding hydrogens is 360 g/mol. The number of carbonyl (C=O) groups is 1. The van der Waals surface area contributed by atoms with E-state index in [1.165, 1.54) is 17.8 Å². The lowest BCUT2D eigenvalue weighted by Crippen LogP contribution is -2.14. The summed E-state index contributed by atoms with van der Waals surface area (Å²) in [7, 11) is 1.60. The molecular formula is C18H15F2N3O2S. The summed E-state index contributed by atoms with van der Waals surface area (Å²) in [4.78, 5) is 16.3. The van der Waals surface area contributed by atoms with Crippen molar-refractivity contribution in [1.82, 2.24) is 9.55 Å². The lowest BCUT2D eigenvalue weighted by molar-refractivity contribution is -0.113. The largest absolute Gasteiger partial charge is 0.497 e. The molecule has 0 radical (unpaired) electrons. The Morgan fingerprint density at radius 1 is 1.19 bits per heavy atom. The van der Waals surface area contributed by atoms with E-state index in [2.05, 4.69) is 10.3 Å². The van der Waals surface area contributed by atoms with Gasteiger partial charge in [-0.15, -0.1) is 0 Å². The van der Waals surface area contributed by atoms with Crippen LogP contribution in [0.5, 0.6) is 5.75 Å². The number of aromatic nitrogens is 2. The average molecular weight is 375 g/mol. The van der Waals surface area contributed by atoms with Crippen molar-refractivity contribution in [1.29, 1.82) is 0 Å². The number of hydrogen-bond acceptors (Lipinski definition) is 4. The van der Waals surface area contributed by atoms with Crippen molar-refractivity contribution in [2.45, 2.75) is 5.16 Å². The van der Waals surface area contributed by atoms with E-state index in [9.17, 15) is 13.6 Å². The van der Waals surface area contributed by atoms with Crippen LogP contribution >= 0.6 is 11.8 Å². The number of amides is 1. The van der Waals surface area contributed by atoms with Gasteiger partial charge in [-0.25, -0.2) is 13.8 Å². The summed E-state index contributed by atoms with van der Waals surface area (Å²) in [5.41, 5.74) is 1.08. The number of carbonyl (C=O) groups excluding carboxylic acids is 1. The van der Waals surface area contributed by atoms with Gasteiger partial charge in [0.1, 0.15) is 5.75 Å². The van der Waals surface area contributed by atoms with Gasteiger partial charge in [0.15, 0.2) is 16.8 Å². The van der Waals surface area contributed by atoms with Gasteiger partial charge in [-0.05, 0) is 36.4 Å². The number of anilines is 1. The molecule has 8 heteroatoms. The van der Waals surface area contributed by atoms with E-state index < -0.39 is 11.6 Å². The highest BCUT2D eigenvalue weighted by Crippen LogP contribution is 2.22. The summed E-state index contributed by atoms with van der Waals surface area (Å²) in [6.07, 6.45) is 3.43. The van der Waals surface area contributed by atoms with Crippen molar-refractivity contribution in [3.05, 3.63) is 66.5 Å². The van der Waals surface area contributed by atoms with E-state index in [1.807, 2.05) is 28.8 Å². The Bertz CT molecular complexity index is 913. The third-order valence-corrected chi connectivity index (χ3v) is 4.46. The van der Waals surface area contributed by atoms with Gasteiger partial charge in [0.2, 0.25) is 5.91 Å². The number of benzene rings is 2. The van der Waals surface area contributed by atoms with E-state index in [-0.39, 0.29) is 17.3 Å². The molecule has 0 fully saturated rings. The topological polar surface area (TPSA) is 56.2 Å². The number of thioether (sulfide) groups is 1. The second kappa shape index (κ2) is 8.01. The monoisotopic (exact) mass is 375 g/mol. The Morgan fingerprint density at radius 3 is 2.65 bits per heavy atom. The van der Waals surface area contributed by atoms with Crippen LogP contribution in [0, 0.1) is 11.6 Å². The van der Waals surface area contributed by atoms with Gasteiger partial charge in [-0.1, -0.05) is 11.8 Å². The Morgan fingerprint density at radius 2 is 1.96 bits per heavy atom. The zero-order valence-electron chi connectivity index (χ0n) is 13.8. The van der Waals surface area contributed by atoms with Crippen molar-refractivity contribution >= 4 is 23.4 Å². The first-order chi connectivity index (χ1) is 12.6. The first-order valence-electron chi connectivity index (χ1n) is 7.62. The molecule has 0 unspecified atom stereocenters. The number of nitrogens with one attached hydrogen (secondary N) is 1. The number of nitrogens with zero attached hydrogens (tertiary/aromatic N) is 2.